The minimum atomic E-state index is -1.55. The van der Waals surface area contributed by atoms with Crippen molar-refractivity contribution in [1.82, 2.24) is 0 Å². The van der Waals surface area contributed by atoms with Gasteiger partial charge in [-0.25, -0.2) is 13.6 Å². The van der Waals surface area contributed by atoms with Crippen LogP contribution in [0.5, 0.6) is 0 Å². The van der Waals surface area contributed by atoms with E-state index in [0.717, 1.165) is 12.1 Å². The number of benzene rings is 1. The second-order valence-corrected chi connectivity index (χ2v) is 2.66. The zero-order chi connectivity index (χ0) is 12.1. The number of hydrazone groups is 1. The van der Waals surface area contributed by atoms with Gasteiger partial charge in [-0.3, -0.25) is 10.2 Å². The van der Waals surface area contributed by atoms with Crippen LogP contribution < -0.4 is 5.43 Å². The number of carbonyl (C=O) groups excluding carboxylic acids is 1. The Kier molecular flexibility index (Phi) is 3.65. The van der Waals surface area contributed by atoms with Crippen LogP contribution in [-0.2, 0) is 9.59 Å². The number of carboxylic acid groups (broad SMARTS) is 1. The summed E-state index contributed by atoms with van der Waals surface area (Å²) in [6.07, 6.45) is -0.00321. The molecule has 0 amide bonds. The zero-order valence-corrected chi connectivity index (χ0v) is 7.78. The molecular weight excluding hydrogens is 222 g/mol. The van der Waals surface area contributed by atoms with Crippen molar-refractivity contribution in [1.29, 1.82) is 0 Å². The van der Waals surface area contributed by atoms with Crippen LogP contribution in [0.1, 0.15) is 0 Å². The molecule has 0 heterocycles. The number of rotatable bonds is 4. The fourth-order valence-corrected chi connectivity index (χ4v) is 0.825. The largest absolute Gasteiger partial charge is 0.476 e. The maximum absolute atomic E-state index is 13.0. The number of aldehydes is 1. The van der Waals surface area contributed by atoms with Gasteiger partial charge in [0.05, 0.1) is 5.69 Å². The first-order valence-electron chi connectivity index (χ1n) is 4.02. The molecule has 5 nitrogen and oxygen atoms in total. The van der Waals surface area contributed by atoms with E-state index in [1.165, 1.54) is 0 Å². The fraction of sp³-hybridized carbons (Fsp3) is 0. The molecule has 0 saturated carbocycles. The quantitative estimate of drug-likeness (QED) is 0.349. The van der Waals surface area contributed by atoms with Crippen LogP contribution in [0.15, 0.2) is 23.3 Å². The molecule has 1 rings (SSSR count). The molecule has 84 valence electrons. The SMILES string of the molecule is O=C/C(=N\Nc1ccc(F)cc1F)C(=O)O. The fourth-order valence-electron chi connectivity index (χ4n) is 0.825. The predicted molar refractivity (Wildman–Crippen MR) is 51.1 cm³/mol. The van der Waals surface area contributed by atoms with Crippen LogP contribution in [-0.4, -0.2) is 23.1 Å². The molecule has 0 unspecified atom stereocenters. The van der Waals surface area contributed by atoms with Gasteiger partial charge in [-0.15, -0.1) is 0 Å². The first kappa shape index (κ1) is 11.8. The lowest BCUT2D eigenvalue weighted by Gasteiger charge is -2.01. The van der Waals surface area contributed by atoms with Crippen LogP contribution in [0.3, 0.4) is 0 Å². The molecule has 0 saturated heterocycles. The summed E-state index contributed by atoms with van der Waals surface area (Å²) in [4.78, 5) is 20.5. The summed E-state index contributed by atoms with van der Waals surface area (Å²) in [7, 11) is 0. The number of hydrogen-bond acceptors (Lipinski definition) is 4. The molecular formula is C9H6F2N2O3. The van der Waals surface area contributed by atoms with E-state index < -0.39 is 23.3 Å². The second kappa shape index (κ2) is 4.96. The molecule has 16 heavy (non-hydrogen) atoms. The van der Waals surface area contributed by atoms with Gasteiger partial charge in [0.2, 0.25) is 5.71 Å². The van der Waals surface area contributed by atoms with Gasteiger partial charge in [0, 0.05) is 6.07 Å². The van der Waals surface area contributed by atoms with Crippen LogP contribution >= 0.6 is 0 Å². The first-order valence-corrected chi connectivity index (χ1v) is 4.02. The smallest absolute Gasteiger partial charge is 0.359 e. The normalized spacial score (nSPS) is 11.0. The van der Waals surface area contributed by atoms with Gasteiger partial charge in [0.15, 0.2) is 12.1 Å². The monoisotopic (exact) mass is 228 g/mol. The third-order valence-corrected chi connectivity index (χ3v) is 1.56. The van der Waals surface area contributed by atoms with Gasteiger partial charge >= 0.3 is 5.97 Å². The number of aliphatic carboxylic acids is 1. The average molecular weight is 228 g/mol. The van der Waals surface area contributed by atoms with Crippen molar-refractivity contribution in [2.24, 2.45) is 5.10 Å². The minimum Gasteiger partial charge on any atom is -0.476 e. The number of nitrogens with zero attached hydrogens (tertiary/aromatic N) is 1. The minimum absolute atomic E-state index is 0.00321. The van der Waals surface area contributed by atoms with Crippen LogP contribution in [0.25, 0.3) is 0 Å². The van der Waals surface area contributed by atoms with Crippen molar-refractivity contribution in [3.8, 4) is 0 Å². The first-order chi connectivity index (χ1) is 7.54. The van der Waals surface area contributed by atoms with Crippen molar-refractivity contribution in [3.05, 3.63) is 29.8 Å². The Morgan fingerprint density at radius 3 is 2.62 bits per heavy atom. The molecule has 0 aliphatic carbocycles. The Morgan fingerprint density at radius 1 is 1.44 bits per heavy atom. The summed E-state index contributed by atoms with van der Waals surface area (Å²) >= 11 is 0. The molecule has 1 aromatic carbocycles. The lowest BCUT2D eigenvalue weighted by Crippen LogP contribution is -2.16. The standard InChI is InChI=1S/C9H6F2N2O3/c10-5-1-2-7(6(11)3-5)12-13-8(4-14)9(15)16/h1-4,12H,(H,15,16)/b13-8+. The van der Waals surface area contributed by atoms with E-state index in [1.54, 1.807) is 0 Å². The van der Waals surface area contributed by atoms with Crippen molar-refractivity contribution >= 4 is 23.7 Å². The maximum Gasteiger partial charge on any atom is 0.359 e. The Balaban J connectivity index is 2.89. The van der Waals surface area contributed by atoms with Crippen LogP contribution in [0.2, 0.25) is 0 Å². The highest BCUT2D eigenvalue weighted by molar-refractivity contribution is 6.57. The molecule has 1 aromatic rings. The summed E-state index contributed by atoms with van der Waals surface area (Å²) in [5, 5.41) is 11.5. The summed E-state index contributed by atoms with van der Waals surface area (Å²) in [5.41, 5.74) is 0.956. The molecule has 0 spiro atoms. The van der Waals surface area contributed by atoms with Crippen molar-refractivity contribution in [3.63, 3.8) is 0 Å². The molecule has 0 aliphatic rings. The van der Waals surface area contributed by atoms with Crippen LogP contribution in [0, 0.1) is 11.6 Å². The molecule has 7 heteroatoms. The summed E-state index contributed by atoms with van der Waals surface area (Å²) in [5.74, 6) is -3.27. The zero-order valence-electron chi connectivity index (χ0n) is 7.78. The van der Waals surface area contributed by atoms with E-state index >= 15 is 0 Å². The lowest BCUT2D eigenvalue weighted by molar-refractivity contribution is -0.129. The highest BCUT2D eigenvalue weighted by Gasteiger charge is 2.08. The topological polar surface area (TPSA) is 78.8 Å². The van der Waals surface area contributed by atoms with E-state index in [9.17, 15) is 18.4 Å². The third kappa shape index (κ3) is 2.84. The van der Waals surface area contributed by atoms with Crippen molar-refractivity contribution in [2.75, 3.05) is 5.43 Å². The van der Waals surface area contributed by atoms with Gasteiger partial charge in [0.1, 0.15) is 5.82 Å². The van der Waals surface area contributed by atoms with E-state index in [4.69, 9.17) is 5.11 Å². The number of carboxylic acids is 1. The van der Waals surface area contributed by atoms with Gasteiger partial charge in [-0.1, -0.05) is 0 Å². The molecule has 0 aromatic heterocycles. The number of hydrogen-bond donors (Lipinski definition) is 2. The molecule has 0 atom stereocenters. The summed E-state index contributed by atoms with van der Waals surface area (Å²) in [6, 6.07) is 2.58. The third-order valence-electron chi connectivity index (χ3n) is 1.56. The Hall–Kier alpha value is -2.31. The van der Waals surface area contributed by atoms with Gasteiger partial charge in [0.25, 0.3) is 0 Å². The number of halogens is 2. The lowest BCUT2D eigenvalue weighted by atomic mass is 10.3. The number of nitrogens with one attached hydrogen (secondary N) is 1. The van der Waals surface area contributed by atoms with Gasteiger partial charge in [-0.2, -0.15) is 5.10 Å². The second-order valence-electron chi connectivity index (χ2n) is 2.66. The highest BCUT2D eigenvalue weighted by Crippen LogP contribution is 2.14. The predicted octanol–water partition coefficient (Wildman–Crippen LogP) is 1.02. The number of carbonyl (C=O) groups is 2. The average Bonchev–Trinajstić information content (AvgIpc) is 2.21. The molecule has 0 aliphatic heterocycles. The molecule has 0 fully saturated rings. The van der Waals surface area contributed by atoms with Crippen molar-refractivity contribution in [2.45, 2.75) is 0 Å². The van der Waals surface area contributed by atoms with E-state index in [1.807, 2.05) is 5.43 Å². The Morgan fingerprint density at radius 2 is 2.12 bits per heavy atom. The highest BCUT2D eigenvalue weighted by atomic mass is 19.1. The maximum atomic E-state index is 13.0. The van der Waals surface area contributed by atoms with Gasteiger partial charge in [-0.05, 0) is 12.1 Å². The van der Waals surface area contributed by atoms with Crippen LogP contribution in [0.4, 0.5) is 14.5 Å². The van der Waals surface area contributed by atoms with Crippen molar-refractivity contribution < 1.29 is 23.5 Å². The van der Waals surface area contributed by atoms with E-state index in [0.29, 0.717) is 6.07 Å². The van der Waals surface area contributed by atoms with E-state index in [2.05, 4.69) is 5.10 Å². The summed E-state index contributed by atoms with van der Waals surface area (Å²) < 4.78 is 25.5. The van der Waals surface area contributed by atoms with Gasteiger partial charge < -0.3 is 5.11 Å². The molecule has 0 bridgehead atoms. The molecule has 0 radical (unpaired) electrons. The Bertz CT molecular complexity index is 460. The number of anilines is 1. The van der Waals surface area contributed by atoms with E-state index in [-0.39, 0.29) is 12.0 Å². The summed E-state index contributed by atoms with van der Waals surface area (Å²) in [6.45, 7) is 0. The Labute approximate surface area is 88.4 Å². The molecule has 2 N–H and O–H groups in total.